The maximum absolute atomic E-state index is 12.6. The maximum Gasteiger partial charge on any atom is 0.274 e. The zero-order valence-electron chi connectivity index (χ0n) is 15.2. The monoisotopic (exact) mass is 379 g/mol. The molecule has 0 aliphatic heterocycles. The molecule has 144 valence electrons. The SMILES string of the molecule is NC(=O)/C=C/CCCC(=O)Nc1cccn(Cc2nc3ccccc3[nH]2)c1=O. The van der Waals surface area contributed by atoms with Crippen molar-refractivity contribution in [2.45, 2.75) is 25.8 Å². The van der Waals surface area contributed by atoms with Crippen LogP contribution in [0.5, 0.6) is 0 Å². The molecule has 0 spiro atoms. The summed E-state index contributed by atoms with van der Waals surface area (Å²) in [4.78, 5) is 42.9. The zero-order chi connectivity index (χ0) is 19.9. The molecular formula is C20H21N5O3. The first-order valence-electron chi connectivity index (χ1n) is 8.92. The molecule has 0 aliphatic carbocycles. The molecule has 28 heavy (non-hydrogen) atoms. The van der Waals surface area contributed by atoms with Crippen molar-refractivity contribution in [1.29, 1.82) is 0 Å². The van der Waals surface area contributed by atoms with Gasteiger partial charge in [-0.05, 0) is 43.2 Å². The van der Waals surface area contributed by atoms with Crippen LogP contribution < -0.4 is 16.6 Å². The number of amides is 2. The normalized spacial score (nSPS) is 11.1. The largest absolute Gasteiger partial charge is 0.366 e. The van der Waals surface area contributed by atoms with Gasteiger partial charge in [0.05, 0.1) is 17.6 Å². The molecule has 0 saturated heterocycles. The molecule has 3 aromatic rings. The quantitative estimate of drug-likeness (QED) is 0.409. The van der Waals surface area contributed by atoms with Gasteiger partial charge in [0.15, 0.2) is 0 Å². The van der Waals surface area contributed by atoms with Gasteiger partial charge in [-0.1, -0.05) is 18.2 Å². The van der Waals surface area contributed by atoms with E-state index in [-0.39, 0.29) is 30.1 Å². The highest BCUT2D eigenvalue weighted by Gasteiger charge is 2.09. The summed E-state index contributed by atoms with van der Waals surface area (Å²) in [5.41, 5.74) is 6.65. The van der Waals surface area contributed by atoms with Crippen LogP contribution in [0, 0.1) is 0 Å². The summed E-state index contributed by atoms with van der Waals surface area (Å²) >= 11 is 0. The van der Waals surface area contributed by atoms with E-state index in [2.05, 4.69) is 15.3 Å². The maximum atomic E-state index is 12.6. The number of H-pyrrole nitrogens is 1. The van der Waals surface area contributed by atoms with Crippen LogP contribution in [0.3, 0.4) is 0 Å². The Morgan fingerprint density at radius 2 is 2.04 bits per heavy atom. The fraction of sp³-hybridized carbons (Fsp3) is 0.200. The molecule has 8 heteroatoms. The number of pyridine rings is 1. The molecule has 0 fully saturated rings. The molecule has 0 aliphatic rings. The van der Waals surface area contributed by atoms with Crippen molar-refractivity contribution in [3.63, 3.8) is 0 Å². The van der Waals surface area contributed by atoms with Gasteiger partial charge in [0.2, 0.25) is 11.8 Å². The minimum atomic E-state index is -0.515. The Kier molecular flexibility index (Phi) is 6.01. The number of benzene rings is 1. The molecule has 1 aromatic carbocycles. The molecule has 0 atom stereocenters. The van der Waals surface area contributed by atoms with Crippen LogP contribution in [0.4, 0.5) is 5.69 Å². The number of nitrogens with two attached hydrogens (primary N) is 1. The van der Waals surface area contributed by atoms with E-state index in [9.17, 15) is 14.4 Å². The Morgan fingerprint density at radius 1 is 1.21 bits per heavy atom. The minimum Gasteiger partial charge on any atom is -0.366 e. The molecule has 2 amide bonds. The van der Waals surface area contributed by atoms with E-state index in [1.165, 1.54) is 10.6 Å². The Morgan fingerprint density at radius 3 is 2.82 bits per heavy atom. The van der Waals surface area contributed by atoms with Crippen molar-refractivity contribution in [2.24, 2.45) is 5.73 Å². The number of allylic oxidation sites excluding steroid dienone is 1. The van der Waals surface area contributed by atoms with Crippen molar-refractivity contribution in [2.75, 3.05) is 5.32 Å². The van der Waals surface area contributed by atoms with Crippen LogP contribution in [0.25, 0.3) is 11.0 Å². The molecule has 2 aromatic heterocycles. The average Bonchev–Trinajstić information content (AvgIpc) is 3.07. The number of rotatable bonds is 8. The summed E-state index contributed by atoms with van der Waals surface area (Å²) in [5.74, 6) is -0.113. The molecule has 0 unspecified atom stereocenters. The number of carbonyl (C=O) groups is 2. The number of nitrogens with zero attached hydrogens (tertiary/aromatic N) is 2. The zero-order valence-corrected chi connectivity index (χ0v) is 15.2. The van der Waals surface area contributed by atoms with E-state index < -0.39 is 5.91 Å². The first kappa shape index (κ1) is 19.1. The summed E-state index contributed by atoms with van der Waals surface area (Å²) in [6.45, 7) is 0.273. The number of imidazole rings is 1. The molecule has 0 radical (unpaired) electrons. The minimum absolute atomic E-state index is 0.219. The molecule has 4 N–H and O–H groups in total. The predicted octanol–water partition coefficient (Wildman–Crippen LogP) is 1.92. The fourth-order valence-corrected chi connectivity index (χ4v) is 2.79. The van der Waals surface area contributed by atoms with E-state index in [1.807, 2.05) is 24.3 Å². The number of anilines is 1. The molecule has 2 heterocycles. The standard InChI is InChI=1S/C20H21N5O3/c21-17(26)10-2-1-3-11-19(27)24-16-9-6-12-25(20(16)28)13-18-22-14-7-4-5-8-15(14)23-18/h2,4-10,12H,1,3,11,13H2,(H2,21,26)(H,22,23)(H,24,27)/b10-2+. The first-order valence-corrected chi connectivity index (χ1v) is 8.92. The average molecular weight is 379 g/mol. The Bertz CT molecular complexity index is 1050. The Balaban J connectivity index is 1.63. The lowest BCUT2D eigenvalue weighted by Gasteiger charge is -2.08. The number of hydrogen-bond donors (Lipinski definition) is 3. The van der Waals surface area contributed by atoms with E-state index in [1.54, 1.807) is 24.4 Å². The number of para-hydroxylation sites is 2. The Labute approximate surface area is 161 Å². The van der Waals surface area contributed by atoms with Crippen molar-refractivity contribution >= 4 is 28.5 Å². The molecule has 0 saturated carbocycles. The van der Waals surface area contributed by atoms with Crippen LogP contribution in [0.2, 0.25) is 0 Å². The third-order valence-electron chi connectivity index (χ3n) is 4.11. The van der Waals surface area contributed by atoms with Crippen molar-refractivity contribution < 1.29 is 9.59 Å². The highest BCUT2D eigenvalue weighted by molar-refractivity contribution is 5.90. The van der Waals surface area contributed by atoms with Crippen LogP contribution in [0.15, 0.2) is 59.5 Å². The van der Waals surface area contributed by atoms with Gasteiger partial charge in [0, 0.05) is 12.6 Å². The topological polar surface area (TPSA) is 123 Å². The summed E-state index contributed by atoms with van der Waals surface area (Å²) in [7, 11) is 0. The lowest BCUT2D eigenvalue weighted by Crippen LogP contribution is -2.26. The van der Waals surface area contributed by atoms with Crippen LogP contribution in [-0.4, -0.2) is 26.3 Å². The van der Waals surface area contributed by atoms with E-state index in [0.29, 0.717) is 18.7 Å². The summed E-state index contributed by atoms with van der Waals surface area (Å²) < 4.78 is 1.49. The van der Waals surface area contributed by atoms with Gasteiger partial charge in [0.1, 0.15) is 11.5 Å². The van der Waals surface area contributed by atoms with Crippen LogP contribution in [-0.2, 0) is 16.1 Å². The van der Waals surface area contributed by atoms with Gasteiger partial charge in [-0.3, -0.25) is 14.4 Å². The highest BCUT2D eigenvalue weighted by Crippen LogP contribution is 2.11. The van der Waals surface area contributed by atoms with Crippen LogP contribution >= 0.6 is 0 Å². The molecule has 0 bridgehead atoms. The smallest absolute Gasteiger partial charge is 0.274 e. The predicted molar refractivity (Wildman–Crippen MR) is 107 cm³/mol. The van der Waals surface area contributed by atoms with Crippen molar-refractivity contribution in [3.8, 4) is 0 Å². The van der Waals surface area contributed by atoms with Gasteiger partial charge in [-0.15, -0.1) is 0 Å². The van der Waals surface area contributed by atoms with Gasteiger partial charge in [0.25, 0.3) is 5.56 Å². The Hall–Kier alpha value is -3.68. The number of hydrogen-bond acceptors (Lipinski definition) is 4. The number of fused-ring (bicyclic) bond motifs is 1. The summed E-state index contributed by atoms with van der Waals surface area (Å²) in [6, 6.07) is 10.9. The second kappa shape index (κ2) is 8.81. The third kappa shape index (κ3) is 4.94. The number of aromatic amines is 1. The summed E-state index contributed by atoms with van der Waals surface area (Å²) in [5, 5.41) is 2.64. The second-order valence-corrected chi connectivity index (χ2v) is 6.30. The highest BCUT2D eigenvalue weighted by atomic mass is 16.2. The number of unbranched alkanes of at least 4 members (excludes halogenated alkanes) is 1. The van der Waals surface area contributed by atoms with Crippen molar-refractivity contribution in [1.82, 2.24) is 14.5 Å². The lowest BCUT2D eigenvalue weighted by atomic mass is 10.2. The lowest BCUT2D eigenvalue weighted by molar-refractivity contribution is -0.116. The number of nitrogens with one attached hydrogen (secondary N) is 2. The van der Waals surface area contributed by atoms with E-state index in [0.717, 1.165) is 11.0 Å². The van der Waals surface area contributed by atoms with Crippen molar-refractivity contribution in [3.05, 3.63) is 70.9 Å². The first-order chi connectivity index (χ1) is 13.5. The van der Waals surface area contributed by atoms with Gasteiger partial charge >= 0.3 is 0 Å². The van der Waals surface area contributed by atoms with Gasteiger partial charge in [-0.2, -0.15) is 0 Å². The number of aromatic nitrogens is 3. The molecular weight excluding hydrogens is 358 g/mol. The second-order valence-electron chi connectivity index (χ2n) is 6.30. The van der Waals surface area contributed by atoms with E-state index >= 15 is 0 Å². The third-order valence-corrected chi connectivity index (χ3v) is 4.11. The fourth-order valence-electron chi connectivity index (χ4n) is 2.79. The van der Waals surface area contributed by atoms with E-state index in [4.69, 9.17) is 5.73 Å². The van der Waals surface area contributed by atoms with Gasteiger partial charge < -0.3 is 20.6 Å². The number of primary amides is 1. The number of carbonyl (C=O) groups excluding carboxylic acids is 2. The van der Waals surface area contributed by atoms with Gasteiger partial charge in [-0.25, -0.2) is 4.98 Å². The molecule has 3 rings (SSSR count). The molecule has 8 nitrogen and oxygen atoms in total. The summed E-state index contributed by atoms with van der Waals surface area (Å²) in [6.07, 6.45) is 5.89. The van der Waals surface area contributed by atoms with Crippen LogP contribution in [0.1, 0.15) is 25.1 Å².